The molecular formula is C16H22O5. The summed E-state index contributed by atoms with van der Waals surface area (Å²) in [5.41, 5.74) is 2.37. The minimum Gasteiger partial charge on any atom is -0.394 e. The number of ether oxygens (including phenoxy) is 1. The molecule has 21 heavy (non-hydrogen) atoms. The molecule has 0 bridgehead atoms. The van der Waals surface area contributed by atoms with E-state index in [-0.39, 0.29) is 12.5 Å². The van der Waals surface area contributed by atoms with Crippen molar-refractivity contribution in [3.8, 4) is 0 Å². The molecule has 1 heterocycles. The molecule has 1 aromatic rings. The summed E-state index contributed by atoms with van der Waals surface area (Å²) in [6.45, 7) is -0.379. The maximum atomic E-state index is 10.3. The van der Waals surface area contributed by atoms with Gasteiger partial charge in [-0.25, -0.2) is 0 Å². The SMILES string of the molecule is OC[C@H]1OC(C2CCCc3ccccc32)[C@H](O)[C@@H](O)[C@H]1O. The van der Waals surface area contributed by atoms with Gasteiger partial charge in [0.25, 0.3) is 0 Å². The zero-order valence-corrected chi connectivity index (χ0v) is 11.8. The first kappa shape index (κ1) is 14.9. The third-order valence-corrected chi connectivity index (χ3v) is 4.74. The van der Waals surface area contributed by atoms with E-state index >= 15 is 0 Å². The molecule has 5 heteroatoms. The van der Waals surface area contributed by atoms with Crippen molar-refractivity contribution in [1.82, 2.24) is 0 Å². The van der Waals surface area contributed by atoms with Crippen molar-refractivity contribution < 1.29 is 25.2 Å². The molecule has 1 fully saturated rings. The average molecular weight is 294 g/mol. The van der Waals surface area contributed by atoms with Gasteiger partial charge < -0.3 is 25.2 Å². The van der Waals surface area contributed by atoms with Gasteiger partial charge in [0.1, 0.15) is 24.4 Å². The molecular weight excluding hydrogens is 272 g/mol. The van der Waals surface area contributed by atoms with Gasteiger partial charge in [0.05, 0.1) is 12.7 Å². The van der Waals surface area contributed by atoms with Crippen molar-refractivity contribution in [2.45, 2.75) is 55.7 Å². The molecule has 2 unspecified atom stereocenters. The zero-order chi connectivity index (χ0) is 15.0. The second-order valence-electron chi connectivity index (χ2n) is 5.99. The summed E-state index contributed by atoms with van der Waals surface area (Å²) in [5.74, 6) is -0.0267. The quantitative estimate of drug-likeness (QED) is 0.614. The van der Waals surface area contributed by atoms with E-state index < -0.39 is 30.5 Å². The topological polar surface area (TPSA) is 90.2 Å². The standard InChI is InChI=1S/C16H22O5/c17-8-12-13(18)14(19)15(20)16(21-12)11-7-3-5-9-4-1-2-6-10(9)11/h1-2,4,6,11-20H,3,5,7-8H2/t11?,12-,13+,14+,15-,16?/m1/s1. The molecule has 116 valence electrons. The Labute approximate surface area is 123 Å². The Morgan fingerprint density at radius 3 is 2.57 bits per heavy atom. The number of aliphatic hydroxyl groups is 4. The normalized spacial score (nSPS) is 39.8. The smallest absolute Gasteiger partial charge is 0.111 e. The van der Waals surface area contributed by atoms with Crippen molar-refractivity contribution in [3.05, 3.63) is 35.4 Å². The van der Waals surface area contributed by atoms with E-state index in [2.05, 4.69) is 6.07 Å². The first-order chi connectivity index (χ1) is 10.1. The second kappa shape index (κ2) is 6.02. The van der Waals surface area contributed by atoms with Gasteiger partial charge in [0.15, 0.2) is 0 Å². The number of hydrogen-bond acceptors (Lipinski definition) is 5. The highest BCUT2D eigenvalue weighted by molar-refractivity contribution is 5.34. The first-order valence-corrected chi connectivity index (χ1v) is 7.51. The summed E-state index contributed by atoms with van der Waals surface area (Å²) in [6, 6.07) is 8.06. The highest BCUT2D eigenvalue weighted by Crippen LogP contribution is 2.39. The van der Waals surface area contributed by atoms with Crippen LogP contribution < -0.4 is 0 Å². The van der Waals surface area contributed by atoms with Crippen LogP contribution in [-0.4, -0.2) is 57.6 Å². The molecule has 4 N–H and O–H groups in total. The fourth-order valence-electron chi connectivity index (χ4n) is 3.60. The van der Waals surface area contributed by atoms with Gasteiger partial charge in [-0.15, -0.1) is 0 Å². The Bertz CT molecular complexity index is 489. The summed E-state index contributed by atoms with van der Waals surface area (Å²) in [6.07, 6.45) is -2.32. The van der Waals surface area contributed by atoms with Crippen LogP contribution in [0.15, 0.2) is 24.3 Å². The highest BCUT2D eigenvalue weighted by Gasteiger charge is 2.47. The molecule has 1 aliphatic heterocycles. The van der Waals surface area contributed by atoms with E-state index in [1.165, 1.54) is 5.56 Å². The van der Waals surface area contributed by atoms with Crippen LogP contribution in [0.25, 0.3) is 0 Å². The van der Waals surface area contributed by atoms with Crippen LogP contribution in [0.4, 0.5) is 0 Å². The fourth-order valence-corrected chi connectivity index (χ4v) is 3.60. The Balaban J connectivity index is 1.89. The molecule has 0 radical (unpaired) electrons. The van der Waals surface area contributed by atoms with Crippen LogP contribution in [-0.2, 0) is 11.2 Å². The van der Waals surface area contributed by atoms with Crippen molar-refractivity contribution in [2.75, 3.05) is 6.61 Å². The van der Waals surface area contributed by atoms with E-state index in [1.54, 1.807) is 0 Å². The lowest BCUT2D eigenvalue weighted by molar-refractivity contribution is -0.235. The molecule has 1 aliphatic carbocycles. The van der Waals surface area contributed by atoms with Crippen molar-refractivity contribution in [3.63, 3.8) is 0 Å². The van der Waals surface area contributed by atoms with E-state index in [0.29, 0.717) is 0 Å². The van der Waals surface area contributed by atoms with E-state index in [1.807, 2.05) is 18.2 Å². The average Bonchev–Trinajstić information content (AvgIpc) is 2.53. The van der Waals surface area contributed by atoms with Crippen molar-refractivity contribution >= 4 is 0 Å². The molecule has 0 spiro atoms. The van der Waals surface area contributed by atoms with E-state index in [9.17, 15) is 20.4 Å². The van der Waals surface area contributed by atoms with Gasteiger partial charge in [-0.3, -0.25) is 0 Å². The minimum absolute atomic E-state index is 0.0267. The molecule has 1 saturated heterocycles. The molecule has 1 aromatic carbocycles. The Morgan fingerprint density at radius 2 is 1.81 bits per heavy atom. The number of fused-ring (bicyclic) bond motifs is 1. The molecule has 0 saturated carbocycles. The lowest BCUT2D eigenvalue weighted by atomic mass is 9.76. The summed E-state index contributed by atoms with van der Waals surface area (Å²) < 4.78 is 5.72. The minimum atomic E-state index is -1.30. The van der Waals surface area contributed by atoms with Gasteiger partial charge in [0, 0.05) is 5.92 Å². The van der Waals surface area contributed by atoms with Crippen molar-refractivity contribution in [1.29, 1.82) is 0 Å². The zero-order valence-electron chi connectivity index (χ0n) is 11.8. The van der Waals surface area contributed by atoms with Crippen LogP contribution in [0.1, 0.15) is 29.9 Å². The molecule has 6 atom stereocenters. The van der Waals surface area contributed by atoms with Gasteiger partial charge in [-0.05, 0) is 30.4 Å². The largest absolute Gasteiger partial charge is 0.394 e. The summed E-state index contributed by atoms with van der Waals surface area (Å²) in [4.78, 5) is 0. The predicted molar refractivity (Wildman–Crippen MR) is 75.9 cm³/mol. The first-order valence-electron chi connectivity index (χ1n) is 7.51. The number of aryl methyl sites for hydroxylation is 1. The molecule has 5 nitrogen and oxygen atoms in total. The molecule has 2 aliphatic rings. The number of benzene rings is 1. The summed E-state index contributed by atoms with van der Waals surface area (Å²) in [5, 5.41) is 39.4. The molecule has 0 amide bonds. The van der Waals surface area contributed by atoms with Gasteiger partial charge in [-0.1, -0.05) is 24.3 Å². The predicted octanol–water partition coefficient (Wildman–Crippen LogP) is -0.0511. The van der Waals surface area contributed by atoms with Crippen LogP contribution in [0, 0.1) is 0 Å². The highest BCUT2D eigenvalue weighted by atomic mass is 16.5. The maximum absolute atomic E-state index is 10.3. The fraction of sp³-hybridized carbons (Fsp3) is 0.625. The third kappa shape index (κ3) is 2.60. The third-order valence-electron chi connectivity index (χ3n) is 4.74. The molecule has 3 rings (SSSR count). The van der Waals surface area contributed by atoms with Gasteiger partial charge in [-0.2, -0.15) is 0 Å². The van der Waals surface area contributed by atoms with Crippen LogP contribution in [0.2, 0.25) is 0 Å². The van der Waals surface area contributed by atoms with Gasteiger partial charge >= 0.3 is 0 Å². The lowest BCUT2D eigenvalue weighted by Crippen LogP contribution is -2.60. The second-order valence-corrected chi connectivity index (χ2v) is 5.99. The lowest BCUT2D eigenvalue weighted by Gasteiger charge is -2.44. The summed E-state index contributed by atoms with van der Waals surface area (Å²) >= 11 is 0. The number of hydrogen-bond donors (Lipinski definition) is 4. The van der Waals surface area contributed by atoms with Gasteiger partial charge in [0.2, 0.25) is 0 Å². The molecule has 0 aromatic heterocycles. The Kier molecular flexibility index (Phi) is 4.28. The van der Waals surface area contributed by atoms with E-state index in [0.717, 1.165) is 24.8 Å². The van der Waals surface area contributed by atoms with E-state index in [4.69, 9.17) is 4.74 Å². The van der Waals surface area contributed by atoms with Crippen LogP contribution in [0.3, 0.4) is 0 Å². The van der Waals surface area contributed by atoms with Crippen LogP contribution >= 0.6 is 0 Å². The Hall–Kier alpha value is -0.980. The number of aliphatic hydroxyl groups excluding tert-OH is 4. The maximum Gasteiger partial charge on any atom is 0.111 e. The number of rotatable bonds is 2. The summed E-state index contributed by atoms with van der Waals surface area (Å²) in [7, 11) is 0. The monoisotopic (exact) mass is 294 g/mol. The van der Waals surface area contributed by atoms with Crippen LogP contribution in [0.5, 0.6) is 0 Å². The van der Waals surface area contributed by atoms with Crippen molar-refractivity contribution in [2.24, 2.45) is 0 Å². The Morgan fingerprint density at radius 1 is 1.05 bits per heavy atom.